The summed E-state index contributed by atoms with van der Waals surface area (Å²) in [5.41, 5.74) is 6.33. The van der Waals surface area contributed by atoms with E-state index in [0.29, 0.717) is 12.2 Å². The number of anilines is 1. The number of ether oxygens (including phenoxy) is 2. The van der Waals surface area contributed by atoms with Gasteiger partial charge in [-0.3, -0.25) is 4.79 Å². The summed E-state index contributed by atoms with van der Waals surface area (Å²) in [4.78, 5) is 15.9. The minimum absolute atomic E-state index is 0.00481. The molecule has 0 fully saturated rings. The van der Waals surface area contributed by atoms with E-state index < -0.39 is 0 Å². The highest BCUT2D eigenvalue weighted by Crippen LogP contribution is 2.46. The molecule has 2 heterocycles. The molecule has 5 nitrogen and oxygen atoms in total. The Hall–Kier alpha value is -2.95. The second kappa shape index (κ2) is 6.09. The van der Waals surface area contributed by atoms with E-state index in [1.165, 1.54) is 10.9 Å². The number of benzene rings is 2. The molecule has 0 radical (unpaired) electrons. The molecule has 3 aromatic rings. The fourth-order valence-corrected chi connectivity index (χ4v) is 3.90. The minimum Gasteiger partial charge on any atom is -0.497 e. The molecule has 1 aliphatic heterocycles. The third kappa shape index (κ3) is 2.43. The first-order chi connectivity index (χ1) is 12.5. The van der Waals surface area contributed by atoms with Gasteiger partial charge in [0.15, 0.2) is 0 Å². The van der Waals surface area contributed by atoms with E-state index in [4.69, 9.17) is 9.47 Å². The maximum Gasteiger partial charge on any atom is 0.225 e. The van der Waals surface area contributed by atoms with Gasteiger partial charge in [0.2, 0.25) is 5.91 Å². The maximum atomic E-state index is 12.4. The van der Waals surface area contributed by atoms with E-state index in [-0.39, 0.29) is 11.8 Å². The van der Waals surface area contributed by atoms with Crippen LogP contribution in [-0.2, 0) is 4.79 Å². The number of para-hydroxylation sites is 1. The van der Waals surface area contributed by atoms with Crippen LogP contribution in [0.5, 0.6) is 11.5 Å². The standard InChI is InChI=1S/C21H22N2O3/c1-11-12(2)22-21-14(11)6-5-7-15(21)16-10-19(24)23-17-8-13(25-3)9-18(26-4)20(16)17/h5-9,16,22H,10H2,1-4H3,(H,23,24). The third-order valence-corrected chi connectivity index (χ3v) is 5.33. The summed E-state index contributed by atoms with van der Waals surface area (Å²) in [6.07, 6.45) is 0.381. The second-order valence-corrected chi connectivity index (χ2v) is 6.74. The van der Waals surface area contributed by atoms with E-state index in [1.807, 2.05) is 12.1 Å². The van der Waals surface area contributed by atoms with Gasteiger partial charge in [0.05, 0.1) is 19.9 Å². The van der Waals surface area contributed by atoms with Gasteiger partial charge in [0.25, 0.3) is 0 Å². The van der Waals surface area contributed by atoms with E-state index in [2.05, 4.69) is 42.3 Å². The third-order valence-electron chi connectivity index (χ3n) is 5.33. The molecule has 1 aliphatic rings. The van der Waals surface area contributed by atoms with Crippen molar-refractivity contribution in [3.8, 4) is 11.5 Å². The first kappa shape index (κ1) is 16.5. The predicted molar refractivity (Wildman–Crippen MR) is 102 cm³/mol. The van der Waals surface area contributed by atoms with Gasteiger partial charge < -0.3 is 19.8 Å². The molecular formula is C21H22N2O3. The zero-order chi connectivity index (χ0) is 18.4. The van der Waals surface area contributed by atoms with Crippen molar-refractivity contribution >= 4 is 22.5 Å². The molecule has 1 amide bonds. The first-order valence-electron chi connectivity index (χ1n) is 8.67. The fraction of sp³-hybridized carbons (Fsp3) is 0.286. The topological polar surface area (TPSA) is 63.4 Å². The zero-order valence-corrected chi connectivity index (χ0v) is 15.4. The van der Waals surface area contributed by atoms with Gasteiger partial charge in [0.1, 0.15) is 11.5 Å². The fourth-order valence-electron chi connectivity index (χ4n) is 3.90. The van der Waals surface area contributed by atoms with Gasteiger partial charge in [-0.25, -0.2) is 0 Å². The van der Waals surface area contributed by atoms with Gasteiger partial charge in [0, 0.05) is 46.6 Å². The second-order valence-electron chi connectivity index (χ2n) is 6.74. The SMILES string of the molecule is COc1cc2c(c(OC)c1)C(c1cccc3c(C)c(C)[nH]c13)CC(=O)N2. The lowest BCUT2D eigenvalue weighted by Crippen LogP contribution is -2.24. The van der Waals surface area contributed by atoms with Crippen LogP contribution in [0.25, 0.3) is 10.9 Å². The highest BCUT2D eigenvalue weighted by molar-refractivity contribution is 5.98. The Kier molecular flexibility index (Phi) is 3.87. The molecule has 5 heteroatoms. The van der Waals surface area contributed by atoms with Crippen LogP contribution in [-0.4, -0.2) is 25.1 Å². The molecule has 26 heavy (non-hydrogen) atoms. The normalized spacial score (nSPS) is 16.3. The van der Waals surface area contributed by atoms with E-state index in [9.17, 15) is 4.79 Å². The molecule has 1 atom stereocenters. The molecule has 0 bridgehead atoms. The summed E-state index contributed by atoms with van der Waals surface area (Å²) in [6, 6.07) is 9.99. The molecule has 0 saturated heterocycles. The lowest BCUT2D eigenvalue weighted by Gasteiger charge is -2.28. The Labute approximate surface area is 152 Å². The van der Waals surface area contributed by atoms with Gasteiger partial charge in [-0.05, 0) is 25.0 Å². The van der Waals surface area contributed by atoms with Crippen molar-refractivity contribution in [1.82, 2.24) is 4.98 Å². The van der Waals surface area contributed by atoms with Crippen molar-refractivity contribution in [3.63, 3.8) is 0 Å². The predicted octanol–water partition coefficient (Wildman–Crippen LogP) is 4.28. The molecule has 1 aromatic heterocycles. The Morgan fingerprint density at radius 1 is 1.12 bits per heavy atom. The summed E-state index contributed by atoms with van der Waals surface area (Å²) in [7, 11) is 3.25. The number of fused-ring (bicyclic) bond motifs is 2. The number of hydrogen-bond acceptors (Lipinski definition) is 3. The summed E-state index contributed by atoms with van der Waals surface area (Å²) in [5.74, 6) is 1.29. The number of rotatable bonds is 3. The van der Waals surface area contributed by atoms with Crippen LogP contribution in [0.3, 0.4) is 0 Å². The van der Waals surface area contributed by atoms with E-state index in [1.54, 1.807) is 14.2 Å². The van der Waals surface area contributed by atoms with Crippen molar-refractivity contribution in [2.75, 3.05) is 19.5 Å². The summed E-state index contributed by atoms with van der Waals surface area (Å²) >= 11 is 0. The van der Waals surface area contributed by atoms with Crippen LogP contribution in [0.2, 0.25) is 0 Å². The molecule has 1 unspecified atom stereocenters. The number of nitrogens with one attached hydrogen (secondary N) is 2. The molecule has 0 spiro atoms. The van der Waals surface area contributed by atoms with Crippen LogP contribution >= 0.6 is 0 Å². The Morgan fingerprint density at radius 3 is 2.65 bits per heavy atom. The quantitative estimate of drug-likeness (QED) is 0.741. The highest BCUT2D eigenvalue weighted by atomic mass is 16.5. The molecular weight excluding hydrogens is 328 g/mol. The van der Waals surface area contributed by atoms with E-state index >= 15 is 0 Å². The Balaban J connectivity index is 1.98. The number of aromatic nitrogens is 1. The van der Waals surface area contributed by atoms with Crippen LogP contribution in [0.1, 0.15) is 34.7 Å². The summed E-state index contributed by atoms with van der Waals surface area (Å²) in [5, 5.41) is 4.16. The van der Waals surface area contributed by atoms with Crippen LogP contribution < -0.4 is 14.8 Å². The number of aromatic amines is 1. The van der Waals surface area contributed by atoms with Crippen molar-refractivity contribution in [2.45, 2.75) is 26.2 Å². The Morgan fingerprint density at radius 2 is 1.92 bits per heavy atom. The highest BCUT2D eigenvalue weighted by Gasteiger charge is 2.32. The number of H-pyrrole nitrogens is 1. The van der Waals surface area contributed by atoms with Crippen molar-refractivity contribution in [3.05, 3.63) is 52.7 Å². The van der Waals surface area contributed by atoms with Gasteiger partial charge >= 0.3 is 0 Å². The molecule has 2 N–H and O–H groups in total. The number of carbonyl (C=O) groups excluding carboxylic acids is 1. The molecule has 0 saturated carbocycles. The molecule has 4 rings (SSSR count). The molecule has 2 aromatic carbocycles. The van der Waals surface area contributed by atoms with E-state index in [0.717, 1.165) is 33.8 Å². The number of aryl methyl sites for hydroxylation is 2. The van der Waals surface area contributed by atoms with Gasteiger partial charge in [-0.1, -0.05) is 18.2 Å². The summed E-state index contributed by atoms with van der Waals surface area (Å²) in [6.45, 7) is 4.19. The molecule has 0 aliphatic carbocycles. The first-order valence-corrected chi connectivity index (χ1v) is 8.67. The number of carbonyl (C=O) groups is 1. The van der Waals surface area contributed by atoms with Crippen molar-refractivity contribution in [1.29, 1.82) is 0 Å². The zero-order valence-electron chi connectivity index (χ0n) is 15.4. The minimum atomic E-state index is -0.0826. The summed E-state index contributed by atoms with van der Waals surface area (Å²) < 4.78 is 11.0. The smallest absolute Gasteiger partial charge is 0.225 e. The van der Waals surface area contributed by atoms with Gasteiger partial charge in [-0.2, -0.15) is 0 Å². The number of amides is 1. The maximum absolute atomic E-state index is 12.4. The molecule has 134 valence electrons. The largest absolute Gasteiger partial charge is 0.497 e. The number of methoxy groups -OCH3 is 2. The lowest BCUT2D eigenvalue weighted by molar-refractivity contribution is -0.116. The monoisotopic (exact) mass is 350 g/mol. The van der Waals surface area contributed by atoms with Gasteiger partial charge in [-0.15, -0.1) is 0 Å². The number of hydrogen-bond donors (Lipinski definition) is 2. The van der Waals surface area contributed by atoms with Crippen LogP contribution in [0.15, 0.2) is 30.3 Å². The van der Waals surface area contributed by atoms with Crippen LogP contribution in [0, 0.1) is 13.8 Å². The van der Waals surface area contributed by atoms with Crippen LogP contribution in [0.4, 0.5) is 5.69 Å². The Bertz CT molecular complexity index is 1020. The average molecular weight is 350 g/mol. The lowest BCUT2D eigenvalue weighted by atomic mass is 9.83. The average Bonchev–Trinajstić information content (AvgIpc) is 2.94. The van der Waals surface area contributed by atoms with Crippen molar-refractivity contribution < 1.29 is 14.3 Å². The van der Waals surface area contributed by atoms with Crippen molar-refractivity contribution in [2.24, 2.45) is 0 Å².